The summed E-state index contributed by atoms with van der Waals surface area (Å²) in [6.07, 6.45) is 2.53. The summed E-state index contributed by atoms with van der Waals surface area (Å²) in [4.78, 5) is 74.9. The minimum Gasteiger partial charge on any atom is -0.295 e. The van der Waals surface area contributed by atoms with Crippen LogP contribution in [0.2, 0.25) is 0 Å². The van der Waals surface area contributed by atoms with Gasteiger partial charge >= 0.3 is 0 Å². The lowest BCUT2D eigenvalue weighted by molar-refractivity contribution is -0.117. The van der Waals surface area contributed by atoms with Crippen molar-refractivity contribution in [2.45, 2.75) is 52.6 Å². The Morgan fingerprint density at radius 3 is 2.26 bits per heavy atom. The first kappa shape index (κ1) is 29.6. The van der Waals surface area contributed by atoms with Crippen LogP contribution in [0.3, 0.4) is 0 Å². The number of aryl methyl sites for hydroxylation is 2. The lowest BCUT2D eigenvalue weighted by Gasteiger charge is -2.10. The van der Waals surface area contributed by atoms with Gasteiger partial charge in [-0.15, -0.1) is 33.7 Å². The summed E-state index contributed by atoms with van der Waals surface area (Å²) < 4.78 is 2.37. The van der Waals surface area contributed by atoms with Gasteiger partial charge in [-0.05, 0) is 16.9 Å². The molecule has 0 saturated heterocycles. The van der Waals surface area contributed by atoms with Gasteiger partial charge in [0.2, 0.25) is 0 Å². The maximum atomic E-state index is 13.0. The second-order valence-corrected chi connectivity index (χ2v) is 10.1. The van der Waals surface area contributed by atoms with Gasteiger partial charge in [-0.2, -0.15) is 0 Å². The fourth-order valence-electron chi connectivity index (χ4n) is 3.35. The molecule has 0 radical (unpaired) electrons. The first-order valence-corrected chi connectivity index (χ1v) is 14.0. The molecule has 2 N–H and O–H groups in total. The lowest BCUT2D eigenvalue weighted by Crippen LogP contribution is -2.42. The van der Waals surface area contributed by atoms with Crippen LogP contribution in [0.25, 0.3) is 0 Å². The van der Waals surface area contributed by atoms with Crippen molar-refractivity contribution in [1.29, 1.82) is 0 Å². The summed E-state index contributed by atoms with van der Waals surface area (Å²) in [5, 5.41) is 19.3. The van der Waals surface area contributed by atoms with Crippen LogP contribution in [0.15, 0.2) is 23.0 Å². The van der Waals surface area contributed by atoms with E-state index in [1.165, 1.54) is 45.8 Å². The van der Waals surface area contributed by atoms with Gasteiger partial charge in [0.15, 0.2) is 40.2 Å². The van der Waals surface area contributed by atoms with E-state index in [0.717, 1.165) is 4.68 Å². The number of allylic oxidation sites excluding steroid dienone is 1. The number of Topliss-reactive ketones (excluding diaryl/α,β-unsaturated/α-hetero) is 3. The van der Waals surface area contributed by atoms with E-state index in [9.17, 15) is 28.8 Å². The predicted octanol–water partition coefficient (Wildman–Crippen LogP) is 1.51. The molecule has 2 amide bonds. The molecule has 0 bridgehead atoms. The van der Waals surface area contributed by atoms with Crippen LogP contribution >= 0.6 is 23.5 Å². The van der Waals surface area contributed by atoms with Crippen LogP contribution < -0.4 is 10.9 Å². The summed E-state index contributed by atoms with van der Waals surface area (Å²) in [6, 6.07) is 0. The fourth-order valence-corrected chi connectivity index (χ4v) is 4.76. The minimum atomic E-state index is -0.867. The molecule has 0 atom stereocenters. The van der Waals surface area contributed by atoms with Gasteiger partial charge in [-0.1, -0.05) is 24.3 Å². The van der Waals surface area contributed by atoms with Crippen molar-refractivity contribution >= 4 is 58.5 Å². The number of ketones is 4. The zero-order valence-corrected chi connectivity index (χ0v) is 22.8. The van der Waals surface area contributed by atoms with Crippen molar-refractivity contribution in [2.75, 3.05) is 5.08 Å². The van der Waals surface area contributed by atoms with Gasteiger partial charge in [0.05, 0.1) is 13.1 Å². The number of hydrogen-bond acceptors (Lipinski definition) is 12. The number of carbonyl (C=O) groups is 6. The van der Waals surface area contributed by atoms with E-state index in [1.807, 2.05) is 0 Å². The number of aromatic nitrogens is 6. The molecule has 14 nitrogen and oxygen atoms in total. The Balaban J connectivity index is 1.91. The van der Waals surface area contributed by atoms with Crippen molar-refractivity contribution < 1.29 is 28.8 Å². The van der Waals surface area contributed by atoms with Crippen molar-refractivity contribution in [1.82, 2.24) is 40.8 Å². The Labute approximate surface area is 231 Å². The van der Waals surface area contributed by atoms with Gasteiger partial charge in [-0.25, -0.2) is 9.36 Å². The van der Waals surface area contributed by atoms with Crippen LogP contribution in [0.4, 0.5) is 0 Å². The van der Waals surface area contributed by atoms with Crippen LogP contribution in [0, 0.1) is 0 Å². The number of fused-ring (bicyclic) bond motifs is 1. The molecule has 0 spiro atoms. The minimum absolute atomic E-state index is 0.0321. The van der Waals surface area contributed by atoms with Gasteiger partial charge in [0, 0.05) is 36.8 Å². The highest BCUT2D eigenvalue weighted by molar-refractivity contribution is 8.18. The molecule has 0 fully saturated rings. The van der Waals surface area contributed by atoms with E-state index in [4.69, 9.17) is 0 Å². The fraction of sp³-hybridized carbons (Fsp3) is 0.391. The van der Waals surface area contributed by atoms with E-state index in [0.29, 0.717) is 5.08 Å². The first-order chi connectivity index (χ1) is 18.8. The topological polar surface area (TPSA) is 188 Å². The number of carbonyl (C=O) groups excluding carboxylic acids is 6. The summed E-state index contributed by atoms with van der Waals surface area (Å²) in [5.41, 5.74) is 3.94. The highest BCUT2D eigenvalue weighted by atomic mass is 32.2. The first-order valence-electron chi connectivity index (χ1n) is 11.9. The normalized spacial score (nSPS) is 15.4. The van der Waals surface area contributed by atoms with Crippen molar-refractivity contribution in [3.63, 3.8) is 0 Å². The highest BCUT2D eigenvalue weighted by Gasteiger charge is 2.27. The van der Waals surface area contributed by atoms with Crippen molar-refractivity contribution in [3.05, 3.63) is 45.7 Å². The Morgan fingerprint density at radius 2 is 1.54 bits per heavy atom. The molecule has 3 rings (SSSR count). The Bertz CT molecular complexity index is 1350. The SMILES string of the molecule is CCC(=O)c1nnn(CCn2nnc3c2C(=O)NNC(=O)C=CSCSC=CC(=O)CCC3=O)c1C(=O)CC. The van der Waals surface area contributed by atoms with Crippen LogP contribution in [-0.4, -0.2) is 70.0 Å². The molecule has 0 aliphatic carbocycles. The molecular weight excluding hydrogens is 548 g/mol. The number of rotatable bonds is 7. The van der Waals surface area contributed by atoms with Crippen LogP contribution in [0.1, 0.15) is 81.5 Å². The maximum absolute atomic E-state index is 13.0. The third kappa shape index (κ3) is 7.79. The largest absolute Gasteiger partial charge is 0.295 e. The maximum Gasteiger partial charge on any atom is 0.290 e. The van der Waals surface area contributed by atoms with E-state index in [-0.39, 0.29) is 78.9 Å². The molecule has 1 aliphatic rings. The summed E-state index contributed by atoms with van der Waals surface area (Å²) in [5.74, 6) is -3.01. The van der Waals surface area contributed by atoms with Crippen molar-refractivity contribution in [2.24, 2.45) is 0 Å². The second kappa shape index (κ2) is 14.3. The predicted molar refractivity (Wildman–Crippen MR) is 142 cm³/mol. The molecule has 0 saturated carbocycles. The Morgan fingerprint density at radius 1 is 0.872 bits per heavy atom. The molecule has 0 aromatic carbocycles. The third-order valence-corrected chi connectivity index (χ3v) is 7.09. The molecule has 3 heterocycles. The number of nitrogens with zero attached hydrogens (tertiary/aromatic N) is 6. The number of hydrogen-bond donors (Lipinski definition) is 2. The van der Waals surface area contributed by atoms with Gasteiger partial charge in [0.1, 0.15) is 5.69 Å². The smallest absolute Gasteiger partial charge is 0.290 e. The molecule has 39 heavy (non-hydrogen) atoms. The number of amides is 2. The van der Waals surface area contributed by atoms with E-state index in [1.54, 1.807) is 19.3 Å². The van der Waals surface area contributed by atoms with Gasteiger partial charge < -0.3 is 0 Å². The number of hydrazine groups is 1. The summed E-state index contributed by atoms with van der Waals surface area (Å²) in [7, 11) is 0. The average Bonchev–Trinajstić information content (AvgIpc) is 3.56. The summed E-state index contributed by atoms with van der Waals surface area (Å²) in [6.45, 7) is 3.17. The van der Waals surface area contributed by atoms with Crippen LogP contribution in [-0.2, 0) is 22.7 Å². The molecule has 0 unspecified atom stereocenters. The van der Waals surface area contributed by atoms with Gasteiger partial charge in [-0.3, -0.25) is 39.6 Å². The summed E-state index contributed by atoms with van der Waals surface area (Å²) >= 11 is 2.67. The lowest BCUT2D eigenvalue weighted by atomic mass is 10.1. The molecule has 16 heteroatoms. The van der Waals surface area contributed by atoms with Crippen molar-refractivity contribution in [3.8, 4) is 0 Å². The standard InChI is InChI=1S/C23H26N8O6S2/c1-3-15(33)19-21(16(34)4-2)30(28-25-19)9-10-31-22-20(26-29-31)17(35)6-5-14(32)7-11-38-13-39-12-8-18(36)24-27-23(22)37/h7-8,11-12H,3-6,9-10,13H2,1-2H3,(H,24,36)(H,27,37). The van der Waals surface area contributed by atoms with E-state index < -0.39 is 17.6 Å². The second-order valence-electron chi connectivity index (χ2n) is 7.96. The Hall–Kier alpha value is -3.92. The molecule has 2 aromatic heterocycles. The zero-order valence-electron chi connectivity index (χ0n) is 21.2. The number of thioether (sulfide) groups is 2. The van der Waals surface area contributed by atoms with Gasteiger partial charge in [0.25, 0.3) is 11.8 Å². The number of nitrogens with one attached hydrogen (secondary N) is 2. The molecule has 1 aliphatic heterocycles. The third-order valence-electron chi connectivity index (χ3n) is 5.34. The van der Waals surface area contributed by atoms with E-state index >= 15 is 0 Å². The Kier molecular flexibility index (Phi) is 10.9. The van der Waals surface area contributed by atoms with Crippen LogP contribution in [0.5, 0.6) is 0 Å². The van der Waals surface area contributed by atoms with E-state index in [2.05, 4.69) is 31.5 Å². The average molecular weight is 575 g/mol. The molecule has 206 valence electrons. The quantitative estimate of drug-likeness (QED) is 0.454. The molecular formula is C23H26N8O6S2. The highest BCUT2D eigenvalue weighted by Crippen LogP contribution is 2.16. The monoisotopic (exact) mass is 574 g/mol. The zero-order chi connectivity index (χ0) is 28.4. The molecule has 2 aromatic rings.